The van der Waals surface area contributed by atoms with Gasteiger partial charge in [0.15, 0.2) is 5.11 Å². The first-order chi connectivity index (χ1) is 17.6. The number of esters is 1. The summed E-state index contributed by atoms with van der Waals surface area (Å²) in [7, 11) is 0. The van der Waals surface area contributed by atoms with Crippen molar-refractivity contribution in [1.82, 2.24) is 5.43 Å². The molecule has 2 bridgehead atoms. The van der Waals surface area contributed by atoms with Crippen molar-refractivity contribution in [2.24, 2.45) is 38.6 Å². The quantitative estimate of drug-likeness (QED) is 0.265. The van der Waals surface area contributed by atoms with E-state index >= 15 is 0 Å². The van der Waals surface area contributed by atoms with Crippen LogP contribution in [0.25, 0.3) is 0 Å². The van der Waals surface area contributed by atoms with Crippen LogP contribution in [-0.4, -0.2) is 23.4 Å². The number of anilines is 1. The standard InChI is InChI=1S/C30H40N4O2S/c1-5-36-25(35)29(4)14-6-13-28(3)22(29)12-16-30-17-24(27(2,19-30)15-11-23(28)30)33-34-26(37)32-21-9-7-20(18-31)8-10-21/h7-10,22-23H,5-6,11-17,19H2,1-4H3,(H2,32,34,37)/b33-24+/t22-,23-,27-,28+,29+,30-/m0/s1. The Balaban J connectivity index is 1.34. The van der Waals surface area contributed by atoms with Crippen LogP contribution >= 0.6 is 12.2 Å². The molecule has 5 rings (SSSR count). The minimum absolute atomic E-state index is 0.0173. The van der Waals surface area contributed by atoms with Gasteiger partial charge in [0.05, 0.1) is 23.7 Å². The van der Waals surface area contributed by atoms with Crippen molar-refractivity contribution in [3.8, 4) is 6.07 Å². The van der Waals surface area contributed by atoms with Crippen LogP contribution in [-0.2, 0) is 9.53 Å². The smallest absolute Gasteiger partial charge is 0.312 e. The maximum Gasteiger partial charge on any atom is 0.312 e. The van der Waals surface area contributed by atoms with Gasteiger partial charge in [-0.3, -0.25) is 10.2 Å². The summed E-state index contributed by atoms with van der Waals surface area (Å²) in [6.07, 6.45) is 10.0. The summed E-state index contributed by atoms with van der Waals surface area (Å²) in [5, 5.41) is 17.5. The number of benzene rings is 1. The number of nitrogens with one attached hydrogen (secondary N) is 2. The molecular weight excluding hydrogens is 480 g/mol. The molecule has 1 aromatic rings. The molecule has 0 aromatic heterocycles. The van der Waals surface area contributed by atoms with E-state index in [0.29, 0.717) is 29.1 Å². The summed E-state index contributed by atoms with van der Waals surface area (Å²) < 4.78 is 5.62. The summed E-state index contributed by atoms with van der Waals surface area (Å²) in [6, 6.07) is 9.37. The minimum atomic E-state index is -0.369. The minimum Gasteiger partial charge on any atom is -0.466 e. The first-order valence-corrected chi connectivity index (χ1v) is 14.3. The van der Waals surface area contributed by atoms with E-state index in [0.717, 1.165) is 44.2 Å². The highest BCUT2D eigenvalue weighted by Gasteiger charge is 2.67. The molecule has 4 saturated carbocycles. The van der Waals surface area contributed by atoms with Gasteiger partial charge < -0.3 is 10.1 Å². The lowest BCUT2D eigenvalue weighted by Gasteiger charge is -2.64. The zero-order valence-corrected chi connectivity index (χ0v) is 23.5. The van der Waals surface area contributed by atoms with Crippen LogP contribution in [0.1, 0.15) is 91.0 Å². The molecule has 6 nitrogen and oxygen atoms in total. The average molecular weight is 521 g/mol. The molecule has 0 radical (unpaired) electrons. The lowest BCUT2D eigenvalue weighted by molar-refractivity contribution is -0.187. The number of ether oxygens (including phenoxy) is 1. The fourth-order valence-corrected chi connectivity index (χ4v) is 9.31. The second-order valence-electron chi connectivity index (χ2n) is 12.8. The molecule has 1 spiro atoms. The Labute approximate surface area is 226 Å². The normalized spacial score (nSPS) is 39.2. The van der Waals surface area contributed by atoms with Crippen molar-refractivity contribution in [2.75, 3.05) is 11.9 Å². The van der Waals surface area contributed by atoms with Gasteiger partial charge in [-0.1, -0.05) is 20.3 Å². The number of rotatable bonds is 4. The third kappa shape index (κ3) is 4.26. The number of hydrogen-bond donors (Lipinski definition) is 2. The number of hydrazone groups is 1. The number of nitrogens with zero attached hydrogens (tertiary/aromatic N) is 2. The Kier molecular flexibility index (Phi) is 6.63. The first-order valence-electron chi connectivity index (χ1n) is 13.9. The highest BCUT2D eigenvalue weighted by atomic mass is 32.1. The number of thiocarbonyl (C=S) groups is 1. The van der Waals surface area contributed by atoms with Crippen LogP contribution in [0.5, 0.6) is 0 Å². The molecule has 1 aromatic carbocycles. The van der Waals surface area contributed by atoms with E-state index in [4.69, 9.17) is 27.3 Å². The maximum atomic E-state index is 13.2. The van der Waals surface area contributed by atoms with Gasteiger partial charge in [0.1, 0.15) is 0 Å². The lowest BCUT2D eigenvalue weighted by Crippen LogP contribution is -2.58. The Morgan fingerprint density at radius 3 is 2.57 bits per heavy atom. The van der Waals surface area contributed by atoms with Crippen molar-refractivity contribution in [3.05, 3.63) is 29.8 Å². The Morgan fingerprint density at radius 1 is 1.14 bits per heavy atom. The van der Waals surface area contributed by atoms with Gasteiger partial charge in [-0.05, 0) is 124 Å². The van der Waals surface area contributed by atoms with Crippen LogP contribution in [0, 0.1) is 44.8 Å². The van der Waals surface area contributed by atoms with E-state index in [1.165, 1.54) is 25.0 Å². The lowest BCUT2D eigenvalue weighted by atomic mass is 9.40. The monoisotopic (exact) mass is 520 g/mol. The summed E-state index contributed by atoms with van der Waals surface area (Å²) in [5.74, 6) is 1.01. The van der Waals surface area contributed by atoms with E-state index in [1.54, 1.807) is 12.1 Å². The van der Waals surface area contributed by atoms with E-state index in [9.17, 15) is 4.79 Å². The van der Waals surface area contributed by atoms with Crippen LogP contribution in [0.3, 0.4) is 0 Å². The molecule has 4 aliphatic rings. The summed E-state index contributed by atoms with van der Waals surface area (Å²) in [4.78, 5) is 13.2. The van der Waals surface area contributed by atoms with Crippen molar-refractivity contribution >= 4 is 34.7 Å². The third-order valence-corrected chi connectivity index (χ3v) is 10.9. The fraction of sp³-hybridized carbons (Fsp3) is 0.667. The summed E-state index contributed by atoms with van der Waals surface area (Å²) in [6.45, 7) is 9.43. The molecule has 0 heterocycles. The molecule has 198 valence electrons. The highest BCUT2D eigenvalue weighted by Crippen LogP contribution is 2.73. The second kappa shape index (κ2) is 9.38. The summed E-state index contributed by atoms with van der Waals surface area (Å²) in [5.41, 5.74) is 5.96. The molecule has 7 heteroatoms. The molecule has 2 N–H and O–H groups in total. The number of hydrogen-bond acceptors (Lipinski definition) is 5. The summed E-state index contributed by atoms with van der Waals surface area (Å²) >= 11 is 5.53. The zero-order chi connectivity index (χ0) is 26.5. The SMILES string of the molecule is CCOC(=O)[C@]1(C)CCC[C@@]2(C)[C@@H]3CC[C@@]4(C)C[C@]3(CC[C@@H]21)C/C4=N\NC(=S)Nc1ccc(C#N)cc1. The largest absolute Gasteiger partial charge is 0.466 e. The van der Waals surface area contributed by atoms with Gasteiger partial charge in [-0.15, -0.1) is 0 Å². The van der Waals surface area contributed by atoms with Crippen LogP contribution < -0.4 is 10.7 Å². The average Bonchev–Trinajstić information content (AvgIpc) is 3.07. The number of carbonyl (C=O) groups is 1. The van der Waals surface area contributed by atoms with Crippen LogP contribution in [0.4, 0.5) is 5.69 Å². The molecule has 0 saturated heterocycles. The van der Waals surface area contributed by atoms with Gasteiger partial charge in [0.25, 0.3) is 0 Å². The molecule has 6 atom stereocenters. The molecular formula is C30H40N4O2S. The predicted molar refractivity (Wildman–Crippen MR) is 150 cm³/mol. The van der Waals surface area contributed by atoms with Crippen molar-refractivity contribution in [1.29, 1.82) is 5.26 Å². The molecule has 0 amide bonds. The van der Waals surface area contributed by atoms with Crippen LogP contribution in [0.15, 0.2) is 29.4 Å². The van der Waals surface area contributed by atoms with Crippen LogP contribution in [0.2, 0.25) is 0 Å². The zero-order valence-electron chi connectivity index (χ0n) is 22.7. The number of nitriles is 1. The van der Waals surface area contributed by atoms with Crippen molar-refractivity contribution < 1.29 is 9.53 Å². The second-order valence-corrected chi connectivity index (χ2v) is 13.2. The van der Waals surface area contributed by atoms with E-state index in [1.807, 2.05) is 19.1 Å². The predicted octanol–water partition coefficient (Wildman–Crippen LogP) is 6.57. The highest BCUT2D eigenvalue weighted by molar-refractivity contribution is 7.80. The van der Waals surface area contributed by atoms with Gasteiger partial charge in [0, 0.05) is 16.8 Å². The van der Waals surface area contributed by atoms with E-state index < -0.39 is 0 Å². The van der Waals surface area contributed by atoms with Gasteiger partial charge in [-0.2, -0.15) is 10.4 Å². The third-order valence-electron chi connectivity index (χ3n) is 10.7. The number of carbonyl (C=O) groups excluding carboxylic acids is 1. The van der Waals surface area contributed by atoms with E-state index in [2.05, 4.69) is 37.6 Å². The van der Waals surface area contributed by atoms with E-state index in [-0.39, 0.29) is 27.6 Å². The first kappa shape index (κ1) is 26.2. The Hall–Kier alpha value is -2.46. The molecule has 37 heavy (non-hydrogen) atoms. The molecule has 4 fully saturated rings. The Bertz CT molecular complexity index is 1160. The molecule has 0 unspecified atom stereocenters. The van der Waals surface area contributed by atoms with Crippen molar-refractivity contribution in [2.45, 2.75) is 85.5 Å². The Morgan fingerprint density at radius 2 is 1.86 bits per heavy atom. The van der Waals surface area contributed by atoms with Crippen molar-refractivity contribution in [3.63, 3.8) is 0 Å². The topological polar surface area (TPSA) is 86.5 Å². The number of fused-ring (bicyclic) bond motifs is 3. The molecule has 4 aliphatic carbocycles. The van der Waals surface area contributed by atoms with Gasteiger partial charge >= 0.3 is 5.97 Å². The molecule has 0 aliphatic heterocycles. The van der Waals surface area contributed by atoms with Gasteiger partial charge in [0.2, 0.25) is 0 Å². The maximum absolute atomic E-state index is 13.2. The fourth-order valence-electron chi connectivity index (χ4n) is 9.15. The van der Waals surface area contributed by atoms with Gasteiger partial charge in [-0.25, -0.2) is 0 Å².